The van der Waals surface area contributed by atoms with E-state index in [2.05, 4.69) is 0 Å². The van der Waals surface area contributed by atoms with Crippen LogP contribution in [0, 0.1) is 17.1 Å². The Bertz CT molecular complexity index is 614. The minimum Gasteiger partial charge on any atom is -0.298 e. The maximum Gasteiger partial charge on any atom is 0.150 e. The second-order valence-corrected chi connectivity index (χ2v) is 3.55. The number of benzene rings is 2. The van der Waals surface area contributed by atoms with Gasteiger partial charge in [0.1, 0.15) is 12.1 Å². The van der Waals surface area contributed by atoms with Gasteiger partial charge in [-0.1, -0.05) is 24.3 Å². The van der Waals surface area contributed by atoms with E-state index in [1.54, 1.807) is 24.3 Å². The van der Waals surface area contributed by atoms with Crippen molar-refractivity contribution >= 4 is 6.29 Å². The van der Waals surface area contributed by atoms with E-state index in [0.29, 0.717) is 28.5 Å². The molecule has 0 saturated carbocycles. The van der Waals surface area contributed by atoms with Crippen LogP contribution in [0.25, 0.3) is 11.1 Å². The van der Waals surface area contributed by atoms with Crippen LogP contribution in [0.4, 0.5) is 4.39 Å². The fraction of sp³-hybridized carbons (Fsp3) is 0. The number of carbonyl (C=O) groups is 1. The van der Waals surface area contributed by atoms with Gasteiger partial charge in [-0.25, -0.2) is 4.39 Å². The molecular weight excluding hydrogens is 217 g/mol. The summed E-state index contributed by atoms with van der Waals surface area (Å²) in [6.07, 6.45) is 0.677. The molecule has 2 nitrogen and oxygen atoms in total. The van der Waals surface area contributed by atoms with Crippen molar-refractivity contribution in [1.29, 1.82) is 5.26 Å². The Morgan fingerprint density at radius 2 is 2.00 bits per heavy atom. The average Bonchev–Trinajstić information content (AvgIpc) is 2.38. The Balaban J connectivity index is 2.60. The molecule has 2 rings (SSSR count). The van der Waals surface area contributed by atoms with Gasteiger partial charge < -0.3 is 0 Å². The number of aldehydes is 1. The third kappa shape index (κ3) is 2.21. The smallest absolute Gasteiger partial charge is 0.150 e. The molecule has 0 bridgehead atoms. The van der Waals surface area contributed by atoms with E-state index < -0.39 is 0 Å². The second-order valence-electron chi connectivity index (χ2n) is 3.55. The minimum absolute atomic E-state index is 0.356. The lowest BCUT2D eigenvalue weighted by Crippen LogP contribution is -1.88. The maximum atomic E-state index is 13.1. The van der Waals surface area contributed by atoms with Crippen molar-refractivity contribution < 1.29 is 9.18 Å². The van der Waals surface area contributed by atoms with Crippen LogP contribution >= 0.6 is 0 Å². The topological polar surface area (TPSA) is 40.9 Å². The van der Waals surface area contributed by atoms with Crippen LogP contribution in [0.15, 0.2) is 42.5 Å². The Morgan fingerprint density at radius 1 is 1.18 bits per heavy atom. The van der Waals surface area contributed by atoms with Crippen LogP contribution in [0.2, 0.25) is 0 Å². The van der Waals surface area contributed by atoms with Gasteiger partial charge in [0, 0.05) is 5.56 Å². The molecule has 17 heavy (non-hydrogen) atoms. The van der Waals surface area contributed by atoms with Crippen molar-refractivity contribution in [3.8, 4) is 17.2 Å². The number of hydrogen-bond donors (Lipinski definition) is 0. The third-order valence-electron chi connectivity index (χ3n) is 2.44. The fourth-order valence-electron chi connectivity index (χ4n) is 1.64. The van der Waals surface area contributed by atoms with Crippen LogP contribution in [0.5, 0.6) is 0 Å². The van der Waals surface area contributed by atoms with E-state index in [-0.39, 0.29) is 5.82 Å². The Labute approximate surface area is 97.9 Å². The van der Waals surface area contributed by atoms with Crippen molar-refractivity contribution in [2.24, 2.45) is 0 Å². The molecule has 3 heteroatoms. The number of rotatable bonds is 2. The Kier molecular flexibility index (Phi) is 2.97. The normalized spacial score (nSPS) is 9.65. The van der Waals surface area contributed by atoms with Crippen molar-refractivity contribution in [2.45, 2.75) is 0 Å². The molecule has 0 aliphatic heterocycles. The van der Waals surface area contributed by atoms with Gasteiger partial charge in [0.05, 0.1) is 11.6 Å². The van der Waals surface area contributed by atoms with Crippen LogP contribution in [-0.2, 0) is 0 Å². The summed E-state index contributed by atoms with van der Waals surface area (Å²) in [5.41, 5.74) is 2.04. The van der Waals surface area contributed by atoms with Gasteiger partial charge in [-0.05, 0) is 29.3 Å². The predicted molar refractivity (Wildman–Crippen MR) is 61.9 cm³/mol. The highest BCUT2D eigenvalue weighted by molar-refractivity contribution is 5.80. The number of hydrogen-bond acceptors (Lipinski definition) is 2. The van der Waals surface area contributed by atoms with Gasteiger partial charge in [-0.3, -0.25) is 4.79 Å². The van der Waals surface area contributed by atoms with Gasteiger partial charge in [0.25, 0.3) is 0 Å². The summed E-state index contributed by atoms with van der Waals surface area (Å²) in [7, 11) is 0. The summed E-state index contributed by atoms with van der Waals surface area (Å²) in [5.74, 6) is -0.356. The summed E-state index contributed by atoms with van der Waals surface area (Å²) < 4.78 is 13.1. The first-order valence-corrected chi connectivity index (χ1v) is 5.00. The van der Waals surface area contributed by atoms with Gasteiger partial charge in [-0.15, -0.1) is 0 Å². The van der Waals surface area contributed by atoms with Gasteiger partial charge in [0.2, 0.25) is 0 Å². The second kappa shape index (κ2) is 4.58. The summed E-state index contributed by atoms with van der Waals surface area (Å²) in [5, 5.41) is 9.01. The molecule has 0 atom stereocenters. The lowest BCUT2D eigenvalue weighted by atomic mass is 9.98. The number of carbonyl (C=O) groups excluding carboxylic acids is 1. The van der Waals surface area contributed by atoms with Crippen LogP contribution in [0.1, 0.15) is 15.9 Å². The largest absolute Gasteiger partial charge is 0.298 e. The summed E-state index contributed by atoms with van der Waals surface area (Å²) in [6.45, 7) is 0. The van der Waals surface area contributed by atoms with E-state index >= 15 is 0 Å². The summed E-state index contributed by atoms with van der Waals surface area (Å²) >= 11 is 0. The molecule has 0 amide bonds. The molecule has 0 aliphatic rings. The van der Waals surface area contributed by atoms with Crippen molar-refractivity contribution in [3.63, 3.8) is 0 Å². The molecule has 0 heterocycles. The van der Waals surface area contributed by atoms with E-state index in [1.807, 2.05) is 6.07 Å². The molecule has 0 unspecified atom stereocenters. The first-order valence-electron chi connectivity index (χ1n) is 5.00. The van der Waals surface area contributed by atoms with Crippen LogP contribution in [0.3, 0.4) is 0 Å². The van der Waals surface area contributed by atoms with E-state index in [1.165, 1.54) is 18.2 Å². The summed E-state index contributed by atoms with van der Waals surface area (Å²) in [4.78, 5) is 10.6. The molecule has 0 spiro atoms. The van der Waals surface area contributed by atoms with E-state index in [9.17, 15) is 9.18 Å². The zero-order valence-electron chi connectivity index (χ0n) is 8.85. The van der Waals surface area contributed by atoms with Crippen LogP contribution < -0.4 is 0 Å². The molecule has 0 saturated heterocycles. The molecule has 2 aromatic carbocycles. The number of halogens is 1. The predicted octanol–water partition coefficient (Wildman–Crippen LogP) is 3.18. The van der Waals surface area contributed by atoms with Gasteiger partial charge in [-0.2, -0.15) is 5.26 Å². The lowest BCUT2D eigenvalue weighted by molar-refractivity contribution is 0.112. The zero-order valence-corrected chi connectivity index (χ0v) is 8.85. The van der Waals surface area contributed by atoms with Crippen molar-refractivity contribution in [1.82, 2.24) is 0 Å². The molecule has 2 aromatic rings. The molecule has 0 N–H and O–H groups in total. The van der Waals surface area contributed by atoms with E-state index in [0.717, 1.165) is 0 Å². The van der Waals surface area contributed by atoms with Crippen molar-refractivity contribution in [3.05, 3.63) is 59.4 Å². The lowest BCUT2D eigenvalue weighted by Gasteiger charge is -2.04. The minimum atomic E-state index is -0.356. The molecule has 0 aliphatic carbocycles. The third-order valence-corrected chi connectivity index (χ3v) is 2.44. The quantitative estimate of drug-likeness (QED) is 0.736. The van der Waals surface area contributed by atoms with Crippen LogP contribution in [-0.4, -0.2) is 6.29 Å². The summed E-state index contributed by atoms with van der Waals surface area (Å²) in [6, 6.07) is 12.8. The average molecular weight is 225 g/mol. The van der Waals surface area contributed by atoms with Gasteiger partial charge >= 0.3 is 0 Å². The van der Waals surface area contributed by atoms with Crippen molar-refractivity contribution in [2.75, 3.05) is 0 Å². The maximum absolute atomic E-state index is 13.1. The molecule has 0 fully saturated rings. The fourth-order valence-corrected chi connectivity index (χ4v) is 1.64. The number of nitriles is 1. The standard InChI is InChI=1S/C14H8FNO/c15-13-3-1-2-11(7-13)14-5-4-10(9-17)6-12(14)8-16/h1-7,9H. The Hall–Kier alpha value is -2.47. The molecule has 0 radical (unpaired) electrons. The highest BCUT2D eigenvalue weighted by atomic mass is 19.1. The highest BCUT2D eigenvalue weighted by Gasteiger charge is 2.06. The zero-order chi connectivity index (χ0) is 12.3. The SMILES string of the molecule is N#Cc1cc(C=O)ccc1-c1cccc(F)c1. The highest BCUT2D eigenvalue weighted by Crippen LogP contribution is 2.24. The molecular formula is C14H8FNO. The monoisotopic (exact) mass is 225 g/mol. The number of nitrogens with zero attached hydrogens (tertiary/aromatic N) is 1. The first-order chi connectivity index (χ1) is 8.24. The van der Waals surface area contributed by atoms with Gasteiger partial charge in [0.15, 0.2) is 0 Å². The first kappa shape index (κ1) is 11.0. The molecule has 0 aromatic heterocycles. The molecule has 82 valence electrons. The van der Waals surface area contributed by atoms with E-state index in [4.69, 9.17) is 5.26 Å². The Morgan fingerprint density at radius 3 is 2.65 bits per heavy atom.